The molecule has 0 aliphatic rings. The number of aliphatic carboxylic acids is 1. The highest BCUT2D eigenvalue weighted by molar-refractivity contribution is 6.35. The van der Waals surface area contributed by atoms with Crippen molar-refractivity contribution in [2.45, 2.75) is 19.8 Å². The summed E-state index contributed by atoms with van der Waals surface area (Å²) in [7, 11) is 1.82. The number of carboxylic acid groups (broad SMARTS) is 1. The smallest absolute Gasteiger partial charge is 0.303 e. The minimum Gasteiger partial charge on any atom is -0.481 e. The second kappa shape index (κ2) is 5.42. The number of rotatable bonds is 4. The zero-order valence-corrected chi connectivity index (χ0v) is 12.8. The summed E-state index contributed by atoms with van der Waals surface area (Å²) in [5.41, 5.74) is 2.74. The number of halogens is 1. The average molecular weight is 321 g/mol. The van der Waals surface area contributed by atoms with Crippen LogP contribution in [-0.4, -0.2) is 30.8 Å². The van der Waals surface area contributed by atoms with Crippen molar-refractivity contribution >= 4 is 28.6 Å². The topological polar surface area (TPSA) is 94.0 Å². The Morgan fingerprint density at radius 2 is 2.23 bits per heavy atom. The van der Waals surface area contributed by atoms with Crippen LogP contribution in [0.1, 0.15) is 17.9 Å². The monoisotopic (exact) mass is 320 g/mol. The van der Waals surface area contributed by atoms with Gasteiger partial charge in [-0.05, 0) is 13.3 Å². The predicted molar refractivity (Wildman–Crippen MR) is 79.7 cm³/mol. The number of hydrogen-bond acceptors (Lipinski definition) is 5. The quantitative estimate of drug-likeness (QED) is 0.742. The molecule has 0 fully saturated rings. The minimum atomic E-state index is -0.871. The fraction of sp³-hybridized carbons (Fsp3) is 0.286. The summed E-state index contributed by atoms with van der Waals surface area (Å²) in [6, 6.07) is 1.78. The van der Waals surface area contributed by atoms with Gasteiger partial charge in [-0.2, -0.15) is 0 Å². The molecule has 3 aromatic heterocycles. The zero-order valence-electron chi connectivity index (χ0n) is 12.0. The van der Waals surface area contributed by atoms with Crippen LogP contribution >= 0.6 is 11.6 Å². The maximum Gasteiger partial charge on any atom is 0.303 e. The van der Waals surface area contributed by atoms with Gasteiger partial charge in [0.15, 0.2) is 0 Å². The summed E-state index contributed by atoms with van der Waals surface area (Å²) in [6.45, 7) is 1.79. The van der Waals surface area contributed by atoms with Crippen LogP contribution in [0.4, 0.5) is 0 Å². The third kappa shape index (κ3) is 2.33. The predicted octanol–water partition coefficient (Wildman–Crippen LogP) is 2.60. The molecular formula is C14H13ClN4O3. The van der Waals surface area contributed by atoms with Gasteiger partial charge in [0, 0.05) is 24.4 Å². The Kier molecular flexibility index (Phi) is 3.58. The lowest BCUT2D eigenvalue weighted by Crippen LogP contribution is -2.03. The van der Waals surface area contributed by atoms with Crippen molar-refractivity contribution in [1.82, 2.24) is 19.7 Å². The van der Waals surface area contributed by atoms with Gasteiger partial charge in [0.2, 0.25) is 0 Å². The van der Waals surface area contributed by atoms with Crippen molar-refractivity contribution in [2.75, 3.05) is 0 Å². The minimum absolute atomic E-state index is 0.000949. The van der Waals surface area contributed by atoms with Crippen molar-refractivity contribution < 1.29 is 14.4 Å². The Morgan fingerprint density at radius 1 is 1.45 bits per heavy atom. The molecule has 3 rings (SSSR count). The van der Waals surface area contributed by atoms with Crippen LogP contribution in [0, 0.1) is 6.92 Å². The SMILES string of the molecule is Cc1cc(-c2c(CCC(=O)O)n(C)c3ncnc(Cl)c23)no1. The Labute approximate surface area is 130 Å². The third-order valence-electron chi connectivity index (χ3n) is 3.50. The Bertz CT molecular complexity index is 868. The van der Waals surface area contributed by atoms with E-state index in [1.807, 2.05) is 11.6 Å². The fourth-order valence-corrected chi connectivity index (χ4v) is 2.77. The van der Waals surface area contributed by atoms with Crippen LogP contribution in [0.25, 0.3) is 22.3 Å². The van der Waals surface area contributed by atoms with Crippen LogP contribution < -0.4 is 0 Å². The first kappa shape index (κ1) is 14.5. The van der Waals surface area contributed by atoms with Crippen molar-refractivity contribution in [3.8, 4) is 11.3 Å². The molecule has 0 aliphatic heterocycles. The highest BCUT2D eigenvalue weighted by Gasteiger charge is 2.23. The van der Waals surface area contributed by atoms with E-state index < -0.39 is 5.97 Å². The summed E-state index contributed by atoms with van der Waals surface area (Å²) in [4.78, 5) is 19.2. The molecule has 0 saturated heterocycles. The highest BCUT2D eigenvalue weighted by atomic mass is 35.5. The number of carbonyl (C=O) groups is 1. The third-order valence-corrected chi connectivity index (χ3v) is 3.79. The first-order valence-corrected chi connectivity index (χ1v) is 7.00. The number of aromatic nitrogens is 4. The van der Waals surface area contributed by atoms with Crippen molar-refractivity contribution in [3.63, 3.8) is 0 Å². The molecule has 0 radical (unpaired) electrons. The van der Waals surface area contributed by atoms with E-state index in [0.717, 1.165) is 11.3 Å². The lowest BCUT2D eigenvalue weighted by atomic mass is 10.1. The molecule has 7 nitrogen and oxygen atoms in total. The van der Waals surface area contributed by atoms with E-state index >= 15 is 0 Å². The van der Waals surface area contributed by atoms with Crippen LogP contribution in [-0.2, 0) is 18.3 Å². The first-order valence-electron chi connectivity index (χ1n) is 6.62. The van der Waals surface area contributed by atoms with E-state index in [2.05, 4.69) is 15.1 Å². The Balaban J connectivity index is 2.29. The molecule has 0 spiro atoms. The van der Waals surface area contributed by atoms with Crippen LogP contribution in [0.5, 0.6) is 0 Å². The molecule has 0 saturated carbocycles. The fourth-order valence-electron chi connectivity index (χ4n) is 2.54. The number of fused-ring (bicyclic) bond motifs is 1. The summed E-state index contributed by atoms with van der Waals surface area (Å²) < 4.78 is 6.96. The van der Waals surface area contributed by atoms with E-state index in [9.17, 15) is 4.79 Å². The van der Waals surface area contributed by atoms with E-state index in [4.69, 9.17) is 21.2 Å². The molecule has 114 valence electrons. The second-order valence-corrected chi connectivity index (χ2v) is 5.32. The van der Waals surface area contributed by atoms with Crippen LogP contribution in [0.2, 0.25) is 5.15 Å². The molecule has 0 aliphatic carbocycles. The van der Waals surface area contributed by atoms with Gasteiger partial charge in [0.05, 0.1) is 11.8 Å². The largest absolute Gasteiger partial charge is 0.481 e. The van der Waals surface area contributed by atoms with E-state index in [1.54, 1.807) is 13.0 Å². The van der Waals surface area contributed by atoms with Gasteiger partial charge < -0.3 is 14.2 Å². The molecule has 22 heavy (non-hydrogen) atoms. The normalized spacial score (nSPS) is 11.2. The van der Waals surface area contributed by atoms with E-state index in [0.29, 0.717) is 34.1 Å². The van der Waals surface area contributed by atoms with Gasteiger partial charge in [0.25, 0.3) is 0 Å². The average Bonchev–Trinajstić information content (AvgIpc) is 3.00. The maximum atomic E-state index is 10.9. The molecule has 0 atom stereocenters. The van der Waals surface area contributed by atoms with E-state index in [1.165, 1.54) is 6.33 Å². The first-order chi connectivity index (χ1) is 10.5. The number of carboxylic acids is 1. The standard InChI is InChI=1S/C14H13ClN4O3/c1-7-5-8(18-22-7)11-9(3-4-10(20)21)19(2)14-12(11)13(15)16-6-17-14/h5-6H,3-4H2,1-2H3,(H,20,21). The molecule has 3 heterocycles. The van der Waals surface area contributed by atoms with Crippen molar-refractivity contribution in [3.05, 3.63) is 29.0 Å². The molecule has 0 unspecified atom stereocenters. The van der Waals surface area contributed by atoms with Crippen molar-refractivity contribution in [2.24, 2.45) is 7.05 Å². The van der Waals surface area contributed by atoms with Gasteiger partial charge in [-0.1, -0.05) is 16.8 Å². The maximum absolute atomic E-state index is 10.9. The lowest BCUT2D eigenvalue weighted by molar-refractivity contribution is -0.136. The van der Waals surface area contributed by atoms with Gasteiger partial charge >= 0.3 is 5.97 Å². The van der Waals surface area contributed by atoms with Crippen LogP contribution in [0.15, 0.2) is 16.9 Å². The van der Waals surface area contributed by atoms with Gasteiger partial charge in [-0.15, -0.1) is 0 Å². The molecule has 0 bridgehead atoms. The van der Waals surface area contributed by atoms with Crippen LogP contribution in [0.3, 0.4) is 0 Å². The summed E-state index contributed by atoms with van der Waals surface area (Å²) in [5.74, 6) is -0.214. The number of nitrogens with zero attached hydrogens (tertiary/aromatic N) is 4. The number of aryl methyl sites for hydroxylation is 2. The number of hydrogen-bond donors (Lipinski definition) is 1. The molecule has 0 amide bonds. The van der Waals surface area contributed by atoms with Crippen molar-refractivity contribution in [1.29, 1.82) is 0 Å². The summed E-state index contributed by atoms with van der Waals surface area (Å²) in [6.07, 6.45) is 1.71. The second-order valence-electron chi connectivity index (χ2n) is 4.96. The zero-order chi connectivity index (χ0) is 15.9. The lowest BCUT2D eigenvalue weighted by Gasteiger charge is -2.04. The molecule has 3 aromatic rings. The molecular weight excluding hydrogens is 308 g/mol. The van der Waals surface area contributed by atoms with Gasteiger partial charge in [-0.3, -0.25) is 4.79 Å². The highest BCUT2D eigenvalue weighted by Crippen LogP contribution is 2.36. The molecule has 0 aromatic carbocycles. The van der Waals surface area contributed by atoms with Gasteiger partial charge in [-0.25, -0.2) is 9.97 Å². The Morgan fingerprint density at radius 3 is 2.86 bits per heavy atom. The van der Waals surface area contributed by atoms with E-state index in [-0.39, 0.29) is 6.42 Å². The molecule has 8 heteroatoms. The molecule has 1 N–H and O–H groups in total. The van der Waals surface area contributed by atoms with Gasteiger partial charge in [0.1, 0.15) is 28.6 Å². The Hall–Kier alpha value is -2.41. The summed E-state index contributed by atoms with van der Waals surface area (Å²) in [5, 5.41) is 13.9. The summed E-state index contributed by atoms with van der Waals surface area (Å²) >= 11 is 6.23.